The molecule has 1 unspecified atom stereocenters. The van der Waals surface area contributed by atoms with Crippen LogP contribution in [0.2, 0.25) is 0 Å². The van der Waals surface area contributed by atoms with Gasteiger partial charge in [-0.05, 0) is 65.0 Å². The molecule has 4 rings (SSSR count). The molecule has 2 aromatic heterocycles. The van der Waals surface area contributed by atoms with E-state index >= 15 is 0 Å². The van der Waals surface area contributed by atoms with Crippen molar-refractivity contribution in [3.8, 4) is 11.4 Å². The van der Waals surface area contributed by atoms with Gasteiger partial charge in [0.05, 0.1) is 23.6 Å². The number of aromatic amines is 1. The smallest absolute Gasteiger partial charge is 0.442 e. The minimum atomic E-state index is -0.555. The van der Waals surface area contributed by atoms with Crippen LogP contribution in [0.15, 0.2) is 75.1 Å². The molecule has 4 aromatic rings. The Balaban J connectivity index is 1.55. The molecular formula is C21H19N4O4S+. The number of nitrogens with zero attached hydrogens (tertiary/aromatic N) is 2. The Bertz CT molecular complexity index is 1240. The van der Waals surface area contributed by atoms with Gasteiger partial charge in [-0.25, -0.2) is 4.79 Å². The monoisotopic (exact) mass is 423 g/mol. The first-order chi connectivity index (χ1) is 14.6. The number of rotatable bonds is 6. The maximum Gasteiger partial charge on any atom is 0.442 e. The number of pyridine rings is 1. The van der Waals surface area contributed by atoms with Crippen LogP contribution in [0.4, 0.5) is 5.69 Å². The van der Waals surface area contributed by atoms with Crippen molar-refractivity contribution < 1.29 is 18.7 Å². The molecule has 0 aliphatic carbocycles. The normalized spacial score (nSPS) is 11.9. The van der Waals surface area contributed by atoms with Crippen LogP contribution in [-0.2, 0) is 4.79 Å². The van der Waals surface area contributed by atoms with Gasteiger partial charge in [-0.15, -0.1) is 0 Å². The van der Waals surface area contributed by atoms with Gasteiger partial charge >= 0.3 is 10.7 Å². The number of H-pyrrole nitrogens is 1. The van der Waals surface area contributed by atoms with Crippen LogP contribution in [0.3, 0.4) is 0 Å². The van der Waals surface area contributed by atoms with Gasteiger partial charge < -0.3 is 10.1 Å². The second kappa shape index (κ2) is 8.42. The van der Waals surface area contributed by atoms with Gasteiger partial charge in [0.2, 0.25) is 11.6 Å². The zero-order chi connectivity index (χ0) is 21.1. The Labute approximate surface area is 175 Å². The van der Waals surface area contributed by atoms with Gasteiger partial charge in [0.25, 0.3) is 0 Å². The van der Waals surface area contributed by atoms with Crippen LogP contribution in [0.1, 0.15) is 6.92 Å². The van der Waals surface area contributed by atoms with Crippen molar-refractivity contribution in [1.82, 2.24) is 10.3 Å². The summed E-state index contributed by atoms with van der Waals surface area (Å²) in [7, 11) is 1.58. The molecule has 0 saturated heterocycles. The molecule has 0 saturated carbocycles. The summed E-state index contributed by atoms with van der Waals surface area (Å²) in [5.74, 6) is 0.454. The fourth-order valence-electron chi connectivity index (χ4n) is 2.93. The van der Waals surface area contributed by atoms with E-state index in [0.717, 1.165) is 22.7 Å². The highest BCUT2D eigenvalue weighted by molar-refractivity contribution is 8.00. The van der Waals surface area contributed by atoms with E-state index < -0.39 is 10.9 Å². The molecular weight excluding hydrogens is 404 g/mol. The molecule has 30 heavy (non-hydrogen) atoms. The number of anilines is 1. The Morgan fingerprint density at radius 2 is 2.00 bits per heavy atom. The van der Waals surface area contributed by atoms with Crippen LogP contribution in [0, 0.1) is 0 Å². The Morgan fingerprint density at radius 3 is 2.77 bits per heavy atom. The highest BCUT2D eigenvalue weighted by Crippen LogP contribution is 2.24. The van der Waals surface area contributed by atoms with Gasteiger partial charge in [-0.2, -0.15) is 0 Å². The lowest BCUT2D eigenvalue weighted by molar-refractivity contribution is -0.704. The van der Waals surface area contributed by atoms with E-state index in [1.54, 1.807) is 44.5 Å². The lowest BCUT2D eigenvalue weighted by Gasteiger charge is -2.11. The molecule has 2 N–H and O–H groups in total. The largest absolute Gasteiger partial charge is 0.497 e. The molecule has 152 valence electrons. The number of carbonyl (C=O) groups is 1. The Kier molecular flexibility index (Phi) is 5.53. The van der Waals surface area contributed by atoms with E-state index in [-0.39, 0.29) is 10.9 Å². The minimum Gasteiger partial charge on any atom is -0.497 e. The number of carbonyl (C=O) groups excluding carboxylic acids is 1. The third kappa shape index (κ3) is 3.92. The third-order valence-corrected chi connectivity index (χ3v) is 5.64. The molecule has 0 aliphatic heterocycles. The summed E-state index contributed by atoms with van der Waals surface area (Å²) in [4.78, 5) is 29.3. The molecule has 2 heterocycles. The van der Waals surface area contributed by atoms with Gasteiger partial charge in [-0.1, -0.05) is 6.07 Å². The summed E-state index contributed by atoms with van der Waals surface area (Å²) in [6.07, 6.45) is 1.70. The van der Waals surface area contributed by atoms with Gasteiger partial charge in [0.15, 0.2) is 0 Å². The van der Waals surface area contributed by atoms with Crippen molar-refractivity contribution in [1.29, 1.82) is 0 Å². The van der Waals surface area contributed by atoms with Gasteiger partial charge in [0, 0.05) is 23.7 Å². The van der Waals surface area contributed by atoms with Crippen LogP contribution in [0.5, 0.6) is 5.75 Å². The zero-order valence-corrected chi connectivity index (χ0v) is 17.1. The topological polar surface area (TPSA) is 101 Å². The highest BCUT2D eigenvalue weighted by Gasteiger charge is 2.29. The van der Waals surface area contributed by atoms with Crippen molar-refractivity contribution in [3.05, 3.63) is 71.2 Å². The summed E-state index contributed by atoms with van der Waals surface area (Å²) in [6.45, 7) is 1.73. The Morgan fingerprint density at radius 1 is 1.20 bits per heavy atom. The van der Waals surface area contributed by atoms with Crippen LogP contribution in [-0.4, -0.2) is 28.5 Å². The highest BCUT2D eigenvalue weighted by atomic mass is 32.2. The van der Waals surface area contributed by atoms with Crippen LogP contribution >= 0.6 is 11.8 Å². The minimum absolute atomic E-state index is 0.238. The standard InChI is InChI=1S/C21H18N4O4S/c1-13(19(26)23-18-7-3-6-17-16(18)5-4-12-22-17)30-20-21(27)29-24-25(20)14-8-10-15(28-2)11-9-14/h3-13H,1-2H3,(H-,22,23,24,26,27)/p+1. The third-order valence-electron chi connectivity index (χ3n) is 4.50. The second-order valence-electron chi connectivity index (χ2n) is 6.44. The first-order valence-corrected chi connectivity index (χ1v) is 10.0. The number of thioether (sulfide) groups is 1. The number of ether oxygens (including phenoxy) is 1. The summed E-state index contributed by atoms with van der Waals surface area (Å²) < 4.78 is 11.6. The molecule has 0 spiro atoms. The van der Waals surface area contributed by atoms with E-state index in [1.165, 1.54) is 4.68 Å². The summed E-state index contributed by atoms with van der Waals surface area (Å²) >= 11 is 1.11. The van der Waals surface area contributed by atoms with Crippen molar-refractivity contribution in [2.45, 2.75) is 17.2 Å². The molecule has 2 aromatic carbocycles. The van der Waals surface area contributed by atoms with E-state index in [1.807, 2.05) is 30.3 Å². The lowest BCUT2D eigenvalue weighted by Crippen LogP contribution is -2.37. The van der Waals surface area contributed by atoms with Crippen molar-refractivity contribution >= 4 is 34.3 Å². The second-order valence-corrected chi connectivity index (χ2v) is 7.77. The molecule has 9 heteroatoms. The quantitative estimate of drug-likeness (QED) is 0.365. The number of hydrogen-bond donors (Lipinski definition) is 2. The maximum atomic E-state index is 12.8. The number of benzene rings is 2. The predicted octanol–water partition coefficient (Wildman–Crippen LogP) is 2.92. The first-order valence-electron chi connectivity index (χ1n) is 9.16. The number of fused-ring (bicyclic) bond motifs is 1. The molecule has 0 fully saturated rings. The number of methoxy groups -OCH3 is 1. The molecule has 8 nitrogen and oxygen atoms in total. The fraction of sp³-hybridized carbons (Fsp3) is 0.143. The van der Waals surface area contributed by atoms with Crippen LogP contribution in [0.25, 0.3) is 16.6 Å². The maximum absolute atomic E-state index is 12.8. The Hall–Kier alpha value is -3.59. The van der Waals surface area contributed by atoms with Crippen molar-refractivity contribution in [2.75, 3.05) is 12.4 Å². The number of nitrogens with one attached hydrogen (secondary N) is 2. The van der Waals surface area contributed by atoms with Crippen molar-refractivity contribution in [2.24, 2.45) is 0 Å². The average molecular weight is 423 g/mol. The number of amides is 1. The first kappa shape index (κ1) is 19.7. The average Bonchev–Trinajstić information content (AvgIpc) is 3.14. The summed E-state index contributed by atoms with van der Waals surface area (Å²) in [5.41, 5.74) is 1.59. The summed E-state index contributed by atoms with van der Waals surface area (Å²) in [6, 6.07) is 16.4. The van der Waals surface area contributed by atoms with Crippen LogP contribution < -0.4 is 20.4 Å². The fourth-order valence-corrected chi connectivity index (χ4v) is 3.82. The van der Waals surface area contributed by atoms with Gasteiger partial charge in [0.1, 0.15) is 5.75 Å². The molecule has 1 atom stereocenters. The molecule has 1 amide bonds. The number of aromatic nitrogens is 3. The molecule has 0 aliphatic rings. The molecule has 0 bridgehead atoms. The van der Waals surface area contributed by atoms with E-state index in [4.69, 9.17) is 9.26 Å². The predicted molar refractivity (Wildman–Crippen MR) is 113 cm³/mol. The SMILES string of the molecule is COc1ccc(-[n+]2[nH]oc(=O)c2SC(C)C(=O)Nc2cccc3ncccc23)cc1. The number of hydrogen-bond acceptors (Lipinski definition) is 6. The van der Waals surface area contributed by atoms with Crippen molar-refractivity contribution in [3.63, 3.8) is 0 Å². The van der Waals surface area contributed by atoms with Gasteiger partial charge in [-0.3, -0.25) is 14.3 Å². The zero-order valence-electron chi connectivity index (χ0n) is 16.3. The lowest BCUT2D eigenvalue weighted by atomic mass is 10.2. The summed E-state index contributed by atoms with van der Waals surface area (Å²) in [5, 5.41) is 6.05. The van der Waals surface area contributed by atoms with E-state index in [2.05, 4.69) is 15.6 Å². The molecule has 0 radical (unpaired) electrons. The van der Waals surface area contributed by atoms with E-state index in [0.29, 0.717) is 17.1 Å². The van der Waals surface area contributed by atoms with E-state index in [9.17, 15) is 9.59 Å².